The van der Waals surface area contributed by atoms with E-state index in [1.54, 1.807) is 5.57 Å². The maximum absolute atomic E-state index is 8.77. The normalized spacial score (nSPS) is 18.6. The molecule has 0 unspecified atom stereocenters. The van der Waals surface area contributed by atoms with Gasteiger partial charge in [0.25, 0.3) is 0 Å². The van der Waals surface area contributed by atoms with E-state index in [0.29, 0.717) is 12.7 Å². The van der Waals surface area contributed by atoms with Gasteiger partial charge in [0.15, 0.2) is 0 Å². The van der Waals surface area contributed by atoms with Gasteiger partial charge >= 0.3 is 0 Å². The Morgan fingerprint density at radius 3 is 2.14 bits per heavy atom. The second-order valence-electron chi connectivity index (χ2n) is 6.77. The fourth-order valence-electron chi connectivity index (χ4n) is 3.31. The van der Waals surface area contributed by atoms with E-state index >= 15 is 0 Å². The van der Waals surface area contributed by atoms with Crippen molar-refractivity contribution in [2.75, 3.05) is 13.2 Å². The Morgan fingerprint density at radius 1 is 0.955 bits per heavy atom. The van der Waals surface area contributed by atoms with Crippen LogP contribution in [-0.2, 0) is 4.74 Å². The molecule has 0 amide bonds. The quantitative estimate of drug-likeness (QED) is 0.345. The Bertz CT molecular complexity index is 263. The molecule has 0 aromatic heterocycles. The maximum Gasteiger partial charge on any atom is 0.0701 e. The van der Waals surface area contributed by atoms with Crippen LogP contribution in [0.15, 0.2) is 11.6 Å². The lowest BCUT2D eigenvalue weighted by Gasteiger charge is -2.24. The summed E-state index contributed by atoms with van der Waals surface area (Å²) in [6, 6.07) is 0. The van der Waals surface area contributed by atoms with E-state index in [4.69, 9.17) is 9.84 Å². The monoisotopic (exact) mass is 310 g/mol. The highest BCUT2D eigenvalue weighted by atomic mass is 16.5. The number of rotatable bonds is 13. The Kier molecular flexibility index (Phi) is 12.8. The largest absolute Gasteiger partial charge is 0.394 e. The number of ether oxygens (including phenoxy) is 1. The minimum absolute atomic E-state index is 0.151. The third-order valence-electron chi connectivity index (χ3n) is 4.76. The molecular weight excluding hydrogens is 272 g/mol. The highest BCUT2D eigenvalue weighted by Crippen LogP contribution is 2.26. The van der Waals surface area contributed by atoms with Crippen LogP contribution in [0.5, 0.6) is 0 Å². The smallest absolute Gasteiger partial charge is 0.0701 e. The number of unbranched alkanes of at least 4 members (excludes halogenated alkanes) is 9. The molecule has 1 rings (SSSR count). The van der Waals surface area contributed by atoms with Crippen molar-refractivity contribution in [3.63, 3.8) is 0 Å². The first-order valence-corrected chi connectivity index (χ1v) is 9.77. The fraction of sp³-hybridized carbons (Fsp3) is 0.900. The van der Waals surface area contributed by atoms with Gasteiger partial charge in [0, 0.05) is 0 Å². The van der Waals surface area contributed by atoms with Crippen LogP contribution in [0.1, 0.15) is 96.8 Å². The molecule has 0 bridgehead atoms. The summed E-state index contributed by atoms with van der Waals surface area (Å²) < 4.78 is 5.61. The summed E-state index contributed by atoms with van der Waals surface area (Å²) in [4.78, 5) is 0. The Labute approximate surface area is 138 Å². The fourth-order valence-corrected chi connectivity index (χ4v) is 3.31. The molecule has 0 saturated heterocycles. The van der Waals surface area contributed by atoms with E-state index in [2.05, 4.69) is 13.0 Å². The lowest BCUT2D eigenvalue weighted by Crippen LogP contribution is -2.19. The van der Waals surface area contributed by atoms with Gasteiger partial charge in [-0.15, -0.1) is 0 Å². The van der Waals surface area contributed by atoms with Crippen molar-refractivity contribution in [3.8, 4) is 0 Å². The molecule has 1 N–H and O–H groups in total. The molecule has 1 aliphatic rings. The molecule has 1 fully saturated rings. The van der Waals surface area contributed by atoms with E-state index in [0.717, 1.165) is 12.8 Å². The van der Waals surface area contributed by atoms with Crippen LogP contribution in [0.25, 0.3) is 0 Å². The van der Waals surface area contributed by atoms with Crippen molar-refractivity contribution in [1.82, 2.24) is 0 Å². The summed E-state index contributed by atoms with van der Waals surface area (Å²) in [5.41, 5.74) is 1.64. The summed E-state index contributed by atoms with van der Waals surface area (Å²) >= 11 is 0. The lowest BCUT2D eigenvalue weighted by atomic mass is 9.91. The molecule has 0 heterocycles. The second-order valence-corrected chi connectivity index (χ2v) is 6.77. The van der Waals surface area contributed by atoms with Crippen LogP contribution in [0.4, 0.5) is 0 Å². The van der Waals surface area contributed by atoms with E-state index in [-0.39, 0.29) is 6.61 Å². The van der Waals surface area contributed by atoms with Gasteiger partial charge in [0.05, 0.1) is 19.3 Å². The average Bonchev–Trinajstić information content (AvgIpc) is 2.56. The van der Waals surface area contributed by atoms with Gasteiger partial charge < -0.3 is 9.84 Å². The number of allylic oxidation sites excluding steroid dienone is 2. The van der Waals surface area contributed by atoms with Crippen LogP contribution in [0, 0.1) is 0 Å². The highest BCUT2D eigenvalue weighted by Gasteiger charge is 2.16. The number of hydrogen-bond donors (Lipinski definition) is 1. The van der Waals surface area contributed by atoms with E-state index < -0.39 is 0 Å². The average molecular weight is 311 g/mol. The third kappa shape index (κ3) is 10.4. The number of aliphatic hydroxyl groups is 1. The summed E-state index contributed by atoms with van der Waals surface area (Å²) in [5.74, 6) is 0. The molecule has 0 atom stereocenters. The Balaban J connectivity index is 1.90. The van der Waals surface area contributed by atoms with Crippen molar-refractivity contribution < 1.29 is 9.84 Å². The van der Waals surface area contributed by atoms with Gasteiger partial charge in [-0.1, -0.05) is 69.9 Å². The minimum atomic E-state index is 0.151. The van der Waals surface area contributed by atoms with Crippen molar-refractivity contribution in [3.05, 3.63) is 11.6 Å². The summed E-state index contributed by atoms with van der Waals surface area (Å²) in [5, 5.41) is 8.77. The van der Waals surface area contributed by atoms with Crippen molar-refractivity contribution in [2.45, 2.75) is 103 Å². The first-order valence-electron chi connectivity index (χ1n) is 9.77. The maximum atomic E-state index is 8.77. The molecule has 22 heavy (non-hydrogen) atoms. The molecule has 0 spiro atoms. The van der Waals surface area contributed by atoms with Gasteiger partial charge in [0.1, 0.15) is 0 Å². The molecule has 2 nitrogen and oxygen atoms in total. The molecule has 0 aliphatic heterocycles. The van der Waals surface area contributed by atoms with Crippen molar-refractivity contribution in [1.29, 1.82) is 0 Å². The van der Waals surface area contributed by atoms with Crippen LogP contribution in [0.3, 0.4) is 0 Å². The van der Waals surface area contributed by atoms with E-state index in [1.807, 2.05) is 0 Å². The molecule has 0 aromatic carbocycles. The second kappa shape index (κ2) is 14.3. The van der Waals surface area contributed by atoms with Gasteiger partial charge in [0.2, 0.25) is 0 Å². The van der Waals surface area contributed by atoms with Crippen molar-refractivity contribution in [2.24, 2.45) is 0 Å². The summed E-state index contributed by atoms with van der Waals surface area (Å²) in [6.07, 6.45) is 21.5. The third-order valence-corrected chi connectivity index (χ3v) is 4.76. The predicted molar refractivity (Wildman–Crippen MR) is 95.2 cm³/mol. The molecule has 0 aromatic rings. The zero-order valence-corrected chi connectivity index (χ0v) is 14.8. The van der Waals surface area contributed by atoms with Crippen LogP contribution in [0.2, 0.25) is 0 Å². The standard InChI is InChI=1S/C20H38O2/c1-2-3-4-5-6-7-8-9-10-11-12-19-13-15-20(16-14-19)22-18-17-21/h12,20-21H,2-11,13-18H2,1H3. The Hall–Kier alpha value is -0.340. The minimum Gasteiger partial charge on any atom is -0.394 e. The highest BCUT2D eigenvalue weighted by molar-refractivity contribution is 5.05. The summed E-state index contributed by atoms with van der Waals surface area (Å²) in [6.45, 7) is 2.93. The lowest BCUT2D eigenvalue weighted by molar-refractivity contribution is 0.0145. The molecule has 0 radical (unpaired) electrons. The molecule has 1 saturated carbocycles. The molecule has 130 valence electrons. The van der Waals surface area contributed by atoms with Crippen LogP contribution >= 0.6 is 0 Å². The van der Waals surface area contributed by atoms with E-state index in [9.17, 15) is 0 Å². The summed E-state index contributed by atoms with van der Waals surface area (Å²) in [7, 11) is 0. The van der Waals surface area contributed by atoms with Gasteiger partial charge in [-0.2, -0.15) is 0 Å². The zero-order valence-electron chi connectivity index (χ0n) is 14.8. The molecule has 2 heteroatoms. The topological polar surface area (TPSA) is 29.5 Å². The van der Waals surface area contributed by atoms with Gasteiger partial charge in [-0.05, 0) is 38.5 Å². The Morgan fingerprint density at radius 2 is 1.55 bits per heavy atom. The van der Waals surface area contributed by atoms with E-state index in [1.165, 1.54) is 77.0 Å². The number of hydrogen-bond acceptors (Lipinski definition) is 2. The van der Waals surface area contributed by atoms with Gasteiger partial charge in [-0.25, -0.2) is 0 Å². The van der Waals surface area contributed by atoms with Crippen LogP contribution < -0.4 is 0 Å². The first kappa shape index (κ1) is 19.7. The predicted octanol–water partition coefficient (Wildman–Crippen LogP) is 5.79. The zero-order chi connectivity index (χ0) is 15.9. The molecular formula is C20H38O2. The SMILES string of the molecule is CCCCCCCCCCCC=C1CCC(OCCO)CC1. The van der Waals surface area contributed by atoms with Gasteiger partial charge in [-0.3, -0.25) is 0 Å². The number of aliphatic hydroxyl groups excluding tert-OH is 1. The molecule has 1 aliphatic carbocycles. The van der Waals surface area contributed by atoms with Crippen LogP contribution in [-0.4, -0.2) is 24.4 Å². The van der Waals surface area contributed by atoms with Crippen molar-refractivity contribution >= 4 is 0 Å². The first-order chi connectivity index (χ1) is 10.9.